The summed E-state index contributed by atoms with van der Waals surface area (Å²) in [6.07, 6.45) is 2.88. The third-order valence-corrected chi connectivity index (χ3v) is 4.38. The maximum atomic E-state index is 11.7. The number of nitrogens with zero attached hydrogens (tertiary/aromatic N) is 2. The molecule has 0 aliphatic heterocycles. The Kier molecular flexibility index (Phi) is 6.71. The molecule has 1 heterocycles. The second-order valence-electron chi connectivity index (χ2n) is 6.49. The third kappa shape index (κ3) is 5.17. The Morgan fingerprint density at radius 3 is 2.52 bits per heavy atom. The van der Waals surface area contributed by atoms with Crippen LogP contribution in [-0.2, 0) is 9.59 Å². The van der Waals surface area contributed by atoms with Gasteiger partial charge in [-0.15, -0.1) is 6.58 Å². The minimum atomic E-state index is -0.462. The van der Waals surface area contributed by atoms with Crippen molar-refractivity contribution in [2.75, 3.05) is 6.54 Å². The Balaban J connectivity index is 2.08. The SMILES string of the molecule is C=CCNC(=O)CC(=O)N/N=C/c1cc(C)n(-c2ccc(C)c(C)c2)c1C. The fourth-order valence-corrected chi connectivity index (χ4v) is 2.79. The molecule has 2 aromatic rings. The number of hydrogen-bond acceptors (Lipinski definition) is 3. The number of aromatic nitrogens is 1. The molecule has 0 radical (unpaired) electrons. The number of carbonyl (C=O) groups is 2. The van der Waals surface area contributed by atoms with E-state index in [1.54, 1.807) is 12.3 Å². The van der Waals surface area contributed by atoms with E-state index < -0.39 is 5.91 Å². The van der Waals surface area contributed by atoms with Crippen LogP contribution in [0.3, 0.4) is 0 Å². The zero-order valence-corrected chi connectivity index (χ0v) is 16.3. The maximum Gasteiger partial charge on any atom is 0.249 e. The van der Waals surface area contributed by atoms with Gasteiger partial charge in [0.2, 0.25) is 11.8 Å². The van der Waals surface area contributed by atoms with Gasteiger partial charge in [-0.05, 0) is 57.0 Å². The third-order valence-electron chi connectivity index (χ3n) is 4.38. The quantitative estimate of drug-likeness (QED) is 0.342. The summed E-state index contributed by atoms with van der Waals surface area (Å²) in [7, 11) is 0. The second-order valence-corrected chi connectivity index (χ2v) is 6.49. The number of hydrogen-bond donors (Lipinski definition) is 2. The van der Waals surface area contributed by atoms with Gasteiger partial charge in [0.15, 0.2) is 0 Å². The number of rotatable bonds is 7. The van der Waals surface area contributed by atoms with Gasteiger partial charge >= 0.3 is 0 Å². The number of amides is 2. The van der Waals surface area contributed by atoms with Crippen molar-refractivity contribution in [3.63, 3.8) is 0 Å². The highest BCUT2D eigenvalue weighted by molar-refractivity contribution is 5.97. The highest BCUT2D eigenvalue weighted by Crippen LogP contribution is 2.21. The number of nitrogens with one attached hydrogen (secondary N) is 2. The van der Waals surface area contributed by atoms with Crippen LogP contribution in [0.4, 0.5) is 0 Å². The Morgan fingerprint density at radius 1 is 1.11 bits per heavy atom. The molecule has 0 aliphatic carbocycles. The smallest absolute Gasteiger partial charge is 0.249 e. The molecule has 0 unspecified atom stereocenters. The van der Waals surface area contributed by atoms with Crippen LogP contribution in [0.1, 0.15) is 34.5 Å². The average Bonchev–Trinajstić information content (AvgIpc) is 2.89. The topological polar surface area (TPSA) is 75.5 Å². The molecule has 1 aromatic carbocycles. The van der Waals surface area contributed by atoms with Gasteiger partial charge in [0.1, 0.15) is 6.42 Å². The van der Waals surface area contributed by atoms with Crippen LogP contribution in [0.25, 0.3) is 5.69 Å². The van der Waals surface area contributed by atoms with Crippen molar-refractivity contribution in [1.82, 2.24) is 15.3 Å². The Labute approximate surface area is 160 Å². The largest absolute Gasteiger partial charge is 0.352 e. The van der Waals surface area contributed by atoms with Crippen LogP contribution < -0.4 is 10.7 Å². The zero-order chi connectivity index (χ0) is 20.0. The first-order chi connectivity index (χ1) is 12.8. The monoisotopic (exact) mass is 366 g/mol. The second kappa shape index (κ2) is 8.98. The van der Waals surface area contributed by atoms with E-state index in [0.717, 1.165) is 22.6 Å². The van der Waals surface area contributed by atoms with Crippen molar-refractivity contribution in [3.05, 3.63) is 65.0 Å². The van der Waals surface area contributed by atoms with Gasteiger partial charge in [0.25, 0.3) is 0 Å². The molecule has 6 nitrogen and oxygen atoms in total. The Morgan fingerprint density at radius 2 is 1.85 bits per heavy atom. The summed E-state index contributed by atoms with van der Waals surface area (Å²) in [6, 6.07) is 8.36. The minimum absolute atomic E-state index is 0.271. The van der Waals surface area contributed by atoms with E-state index in [0.29, 0.717) is 6.54 Å². The Hall–Kier alpha value is -3.15. The van der Waals surface area contributed by atoms with Crippen molar-refractivity contribution < 1.29 is 9.59 Å². The van der Waals surface area contributed by atoms with Crippen molar-refractivity contribution in [3.8, 4) is 5.69 Å². The van der Waals surface area contributed by atoms with Crippen LogP contribution in [0, 0.1) is 27.7 Å². The van der Waals surface area contributed by atoms with Gasteiger partial charge in [-0.2, -0.15) is 5.10 Å². The molecule has 27 heavy (non-hydrogen) atoms. The van der Waals surface area contributed by atoms with Gasteiger partial charge in [0, 0.05) is 29.2 Å². The fraction of sp³-hybridized carbons (Fsp3) is 0.286. The lowest BCUT2D eigenvalue weighted by molar-refractivity contribution is -0.129. The predicted molar refractivity (Wildman–Crippen MR) is 108 cm³/mol. The van der Waals surface area contributed by atoms with Crippen LogP contribution >= 0.6 is 0 Å². The molecule has 2 amide bonds. The summed E-state index contributed by atoms with van der Waals surface area (Å²) in [4.78, 5) is 23.2. The standard InChI is InChI=1S/C21H26N4O2/c1-6-9-22-20(26)12-21(27)24-23-13-18-11-16(4)25(17(18)5)19-8-7-14(2)15(3)10-19/h6-8,10-11,13H,1,9,12H2,2-5H3,(H,22,26)(H,24,27)/b23-13+. The first kappa shape index (κ1) is 20.2. The van der Waals surface area contributed by atoms with E-state index in [1.165, 1.54) is 11.1 Å². The molecule has 1 aromatic heterocycles. The summed E-state index contributed by atoms with van der Waals surface area (Å²) >= 11 is 0. The minimum Gasteiger partial charge on any atom is -0.352 e. The lowest BCUT2D eigenvalue weighted by Gasteiger charge is -2.11. The number of aryl methyl sites for hydroxylation is 3. The summed E-state index contributed by atoms with van der Waals surface area (Å²) in [5, 5.41) is 6.52. The molecule has 0 atom stereocenters. The molecule has 2 N–H and O–H groups in total. The van der Waals surface area contributed by atoms with E-state index in [1.807, 2.05) is 19.9 Å². The molecule has 6 heteroatoms. The average molecular weight is 366 g/mol. The van der Waals surface area contributed by atoms with Crippen molar-refractivity contribution in [2.24, 2.45) is 5.10 Å². The van der Waals surface area contributed by atoms with Crippen molar-refractivity contribution in [2.45, 2.75) is 34.1 Å². The van der Waals surface area contributed by atoms with Crippen LogP contribution in [0.2, 0.25) is 0 Å². The molecule has 2 rings (SSSR count). The number of benzene rings is 1. The van der Waals surface area contributed by atoms with E-state index in [4.69, 9.17) is 0 Å². The molecule has 142 valence electrons. The van der Waals surface area contributed by atoms with Crippen LogP contribution in [0.15, 0.2) is 42.0 Å². The first-order valence-corrected chi connectivity index (χ1v) is 8.79. The maximum absolute atomic E-state index is 11.7. The van der Waals surface area contributed by atoms with Crippen LogP contribution in [0.5, 0.6) is 0 Å². The van der Waals surface area contributed by atoms with Gasteiger partial charge < -0.3 is 9.88 Å². The van der Waals surface area contributed by atoms with Crippen molar-refractivity contribution in [1.29, 1.82) is 0 Å². The van der Waals surface area contributed by atoms with E-state index in [2.05, 4.69) is 59.0 Å². The molecule has 0 fully saturated rings. The molecular formula is C21H26N4O2. The van der Waals surface area contributed by atoms with Crippen molar-refractivity contribution >= 4 is 18.0 Å². The van der Waals surface area contributed by atoms with E-state index >= 15 is 0 Å². The van der Waals surface area contributed by atoms with Gasteiger partial charge in [-0.1, -0.05) is 12.1 Å². The van der Waals surface area contributed by atoms with Gasteiger partial charge in [0.05, 0.1) is 6.21 Å². The van der Waals surface area contributed by atoms with Gasteiger partial charge in [-0.25, -0.2) is 5.43 Å². The Bertz CT molecular complexity index is 894. The molecule has 0 spiro atoms. The molecular weight excluding hydrogens is 340 g/mol. The highest BCUT2D eigenvalue weighted by Gasteiger charge is 2.11. The van der Waals surface area contributed by atoms with E-state index in [9.17, 15) is 9.59 Å². The van der Waals surface area contributed by atoms with E-state index in [-0.39, 0.29) is 12.3 Å². The molecule has 0 saturated heterocycles. The summed E-state index contributed by atoms with van der Waals surface area (Å²) in [5.74, 6) is -0.828. The predicted octanol–water partition coefficient (Wildman–Crippen LogP) is 2.85. The summed E-state index contributed by atoms with van der Waals surface area (Å²) in [6.45, 7) is 12.1. The zero-order valence-electron chi connectivity index (χ0n) is 16.3. The summed E-state index contributed by atoms with van der Waals surface area (Å²) < 4.78 is 2.15. The number of hydrazone groups is 1. The van der Waals surface area contributed by atoms with Gasteiger partial charge in [-0.3, -0.25) is 9.59 Å². The lowest BCUT2D eigenvalue weighted by Crippen LogP contribution is -2.29. The molecule has 0 aliphatic rings. The lowest BCUT2D eigenvalue weighted by atomic mass is 10.1. The fourth-order valence-electron chi connectivity index (χ4n) is 2.79. The molecule has 0 saturated carbocycles. The highest BCUT2D eigenvalue weighted by atomic mass is 16.2. The summed E-state index contributed by atoms with van der Waals surface area (Å²) in [5.41, 5.74) is 8.97. The van der Waals surface area contributed by atoms with Crippen LogP contribution in [-0.4, -0.2) is 29.1 Å². The number of carbonyl (C=O) groups excluding carboxylic acids is 2. The normalized spacial score (nSPS) is 10.8. The molecule has 0 bridgehead atoms. The first-order valence-electron chi connectivity index (χ1n) is 8.79.